The van der Waals surface area contributed by atoms with Crippen molar-refractivity contribution >= 4 is 40.7 Å². The van der Waals surface area contributed by atoms with Crippen LogP contribution in [0.1, 0.15) is 49.9 Å². The van der Waals surface area contributed by atoms with Crippen LogP contribution < -0.4 is 0 Å². The molecule has 0 fully saturated rings. The van der Waals surface area contributed by atoms with Crippen molar-refractivity contribution in [1.82, 2.24) is 9.55 Å². The van der Waals surface area contributed by atoms with Gasteiger partial charge in [-0.3, -0.25) is 4.79 Å². The van der Waals surface area contributed by atoms with Crippen LogP contribution in [0.5, 0.6) is 0 Å². The molecular formula is C17H20Cl2N2OS. The molecule has 6 heteroatoms. The molecule has 0 saturated carbocycles. The quantitative estimate of drug-likeness (QED) is 0.619. The summed E-state index contributed by atoms with van der Waals surface area (Å²) in [5, 5.41) is 2.13. The monoisotopic (exact) mass is 370 g/mol. The van der Waals surface area contributed by atoms with Gasteiger partial charge in [0.1, 0.15) is 5.03 Å². The van der Waals surface area contributed by atoms with Gasteiger partial charge in [-0.1, -0.05) is 62.7 Å². The Labute approximate surface area is 151 Å². The predicted molar refractivity (Wildman–Crippen MR) is 97.1 cm³/mol. The van der Waals surface area contributed by atoms with Gasteiger partial charge in [-0.25, -0.2) is 4.98 Å². The minimum atomic E-state index is -0.0884. The van der Waals surface area contributed by atoms with E-state index in [4.69, 9.17) is 23.2 Å². The highest BCUT2D eigenvalue weighted by atomic mass is 35.5. The summed E-state index contributed by atoms with van der Waals surface area (Å²) in [5.74, 6) is 0.673. The molecule has 23 heavy (non-hydrogen) atoms. The van der Waals surface area contributed by atoms with E-state index in [-0.39, 0.29) is 17.6 Å². The number of halogens is 2. The minimum Gasteiger partial charge on any atom is -0.319 e. The highest BCUT2D eigenvalue weighted by Gasteiger charge is 2.24. The molecule has 0 N–H and O–H groups in total. The Kier molecular flexibility index (Phi) is 5.82. The van der Waals surface area contributed by atoms with Gasteiger partial charge in [0, 0.05) is 27.9 Å². The van der Waals surface area contributed by atoms with Gasteiger partial charge in [-0.05, 0) is 24.1 Å². The van der Waals surface area contributed by atoms with Crippen LogP contribution in [0.15, 0.2) is 28.1 Å². The van der Waals surface area contributed by atoms with Crippen molar-refractivity contribution in [3.05, 3.63) is 39.8 Å². The number of carbonyl (C=O) groups excluding carboxylic acids is 1. The van der Waals surface area contributed by atoms with Crippen molar-refractivity contribution in [3.63, 3.8) is 0 Å². The molecule has 0 aliphatic heterocycles. The number of imidazole rings is 1. The van der Waals surface area contributed by atoms with E-state index >= 15 is 0 Å². The van der Waals surface area contributed by atoms with E-state index in [1.807, 2.05) is 37.6 Å². The molecule has 1 aromatic carbocycles. The second-order valence-corrected chi connectivity index (χ2v) is 8.00. The van der Waals surface area contributed by atoms with E-state index in [0.29, 0.717) is 15.9 Å². The van der Waals surface area contributed by atoms with E-state index < -0.39 is 0 Å². The van der Waals surface area contributed by atoms with Gasteiger partial charge < -0.3 is 4.57 Å². The summed E-state index contributed by atoms with van der Waals surface area (Å²) in [6, 6.07) is 5.42. The van der Waals surface area contributed by atoms with Gasteiger partial charge in [0.05, 0.1) is 5.69 Å². The molecule has 0 atom stereocenters. The van der Waals surface area contributed by atoms with Crippen LogP contribution in [0.25, 0.3) is 0 Å². The highest BCUT2D eigenvalue weighted by Crippen LogP contribution is 2.36. The normalized spacial score (nSPS) is 11.5. The topological polar surface area (TPSA) is 34.9 Å². The highest BCUT2D eigenvalue weighted by molar-refractivity contribution is 7.99. The summed E-state index contributed by atoms with van der Waals surface area (Å²) < 4.78 is 1.87. The summed E-state index contributed by atoms with van der Waals surface area (Å²) in [6.07, 6.45) is 0. The first kappa shape index (κ1) is 18.4. The fraction of sp³-hybridized carbons (Fsp3) is 0.412. The number of hydrogen-bond donors (Lipinski definition) is 0. The number of hydrogen-bond acceptors (Lipinski definition) is 3. The Hall–Kier alpha value is -0.970. The molecule has 124 valence electrons. The number of carbonyl (C=O) groups is 1. The fourth-order valence-electron chi connectivity index (χ4n) is 2.18. The van der Waals surface area contributed by atoms with Crippen molar-refractivity contribution in [2.75, 3.05) is 0 Å². The number of ketones is 1. The second-order valence-electron chi connectivity index (χ2n) is 6.07. The van der Waals surface area contributed by atoms with Crippen molar-refractivity contribution < 1.29 is 4.79 Å². The lowest BCUT2D eigenvalue weighted by Gasteiger charge is -2.09. The number of benzene rings is 1. The molecule has 1 heterocycles. The fourth-order valence-corrected chi connectivity index (χ4v) is 4.04. The van der Waals surface area contributed by atoms with Crippen molar-refractivity contribution in [1.29, 1.82) is 0 Å². The Morgan fingerprint density at radius 3 is 2.17 bits per heavy atom. The zero-order chi connectivity index (χ0) is 17.3. The van der Waals surface area contributed by atoms with Crippen LogP contribution in [0.4, 0.5) is 0 Å². The second kappa shape index (κ2) is 7.29. The molecular weight excluding hydrogens is 351 g/mol. The van der Waals surface area contributed by atoms with Gasteiger partial charge in [0.15, 0.2) is 5.82 Å². The maximum atomic E-state index is 12.4. The molecule has 0 aliphatic rings. The molecule has 0 bridgehead atoms. The molecule has 3 nitrogen and oxygen atoms in total. The third-order valence-electron chi connectivity index (χ3n) is 3.41. The smallest absolute Gasteiger partial charge is 0.200 e. The summed E-state index contributed by atoms with van der Waals surface area (Å²) in [5.41, 5.74) is 0.914. The Balaban J connectivity index is 2.50. The van der Waals surface area contributed by atoms with Gasteiger partial charge in [-0.15, -0.1) is 0 Å². The van der Waals surface area contributed by atoms with E-state index in [1.165, 1.54) is 11.8 Å². The number of aromatic nitrogens is 2. The van der Waals surface area contributed by atoms with E-state index in [0.717, 1.165) is 15.6 Å². The molecule has 1 aromatic heterocycles. The first-order valence-corrected chi connectivity index (χ1v) is 9.02. The predicted octanol–water partition coefficient (Wildman–Crippen LogP) is 5.84. The molecule has 0 aliphatic carbocycles. The molecule has 0 saturated heterocycles. The Morgan fingerprint density at radius 1 is 1.13 bits per heavy atom. The Morgan fingerprint density at radius 2 is 1.70 bits per heavy atom. The first-order valence-electron chi connectivity index (χ1n) is 7.45. The van der Waals surface area contributed by atoms with Crippen molar-refractivity contribution in [2.45, 2.75) is 43.5 Å². The summed E-state index contributed by atoms with van der Waals surface area (Å²) in [6.45, 7) is 7.91. The number of rotatable bonds is 5. The number of nitrogens with zero attached hydrogens (tertiary/aromatic N) is 2. The zero-order valence-corrected chi connectivity index (χ0v) is 16.2. The van der Waals surface area contributed by atoms with Crippen molar-refractivity contribution in [2.24, 2.45) is 13.0 Å². The third kappa shape index (κ3) is 4.11. The lowest BCUT2D eigenvalue weighted by Crippen LogP contribution is -2.13. The number of Topliss-reactive ketones (excluding diaryl/α,β-unsaturated/α-hetero) is 1. The summed E-state index contributed by atoms with van der Waals surface area (Å²) in [7, 11) is 1.88. The molecule has 0 amide bonds. The van der Waals surface area contributed by atoms with Crippen LogP contribution in [-0.2, 0) is 7.05 Å². The molecule has 0 unspecified atom stereocenters. The van der Waals surface area contributed by atoms with Gasteiger partial charge in [-0.2, -0.15) is 0 Å². The van der Waals surface area contributed by atoms with Crippen LogP contribution in [0, 0.1) is 5.92 Å². The first-order chi connectivity index (χ1) is 10.7. The van der Waals surface area contributed by atoms with Crippen LogP contribution in [0.3, 0.4) is 0 Å². The summed E-state index contributed by atoms with van der Waals surface area (Å²) in [4.78, 5) is 17.9. The minimum absolute atomic E-state index is 0.0466. The van der Waals surface area contributed by atoms with E-state index in [2.05, 4.69) is 18.8 Å². The van der Waals surface area contributed by atoms with E-state index in [9.17, 15) is 4.79 Å². The van der Waals surface area contributed by atoms with Crippen LogP contribution in [0.2, 0.25) is 10.0 Å². The largest absolute Gasteiger partial charge is 0.319 e. The summed E-state index contributed by atoms with van der Waals surface area (Å²) >= 11 is 13.7. The zero-order valence-electron chi connectivity index (χ0n) is 13.9. The van der Waals surface area contributed by atoms with E-state index in [1.54, 1.807) is 6.07 Å². The van der Waals surface area contributed by atoms with Crippen molar-refractivity contribution in [3.8, 4) is 0 Å². The lowest BCUT2D eigenvalue weighted by molar-refractivity contribution is 0.0925. The average molecular weight is 371 g/mol. The molecule has 2 aromatic rings. The Bertz CT molecular complexity index is 718. The SMILES string of the molecule is CC(C)C(=O)c1nc(C(C)C)c(Sc2cc(Cl)cc(Cl)c2)n1C. The van der Waals surface area contributed by atoms with Crippen LogP contribution in [-0.4, -0.2) is 15.3 Å². The van der Waals surface area contributed by atoms with Gasteiger partial charge in [0.2, 0.25) is 5.78 Å². The third-order valence-corrected chi connectivity index (χ3v) is 4.99. The average Bonchev–Trinajstić information content (AvgIpc) is 2.74. The van der Waals surface area contributed by atoms with Gasteiger partial charge >= 0.3 is 0 Å². The maximum Gasteiger partial charge on any atom is 0.200 e. The molecule has 2 rings (SSSR count). The maximum absolute atomic E-state index is 12.4. The van der Waals surface area contributed by atoms with Crippen LogP contribution >= 0.6 is 35.0 Å². The van der Waals surface area contributed by atoms with Gasteiger partial charge in [0.25, 0.3) is 0 Å². The molecule has 0 radical (unpaired) electrons. The lowest BCUT2D eigenvalue weighted by atomic mass is 10.1. The molecule has 0 spiro atoms. The standard InChI is InChI=1S/C17H20Cl2N2OS/c1-9(2)14-17(21(5)16(20-14)15(22)10(3)4)23-13-7-11(18)6-12(19)8-13/h6-10H,1-5H3.